The second kappa shape index (κ2) is 9.81. The smallest absolute Gasteiger partial charge is 0.407 e. The summed E-state index contributed by atoms with van der Waals surface area (Å²) >= 11 is 3.70. The fourth-order valence-corrected chi connectivity index (χ4v) is 5.27. The second-order valence-corrected chi connectivity index (χ2v) is 9.39. The summed E-state index contributed by atoms with van der Waals surface area (Å²) in [5.74, 6) is 0.115. The molecule has 2 N–H and O–H groups in total. The number of fused-ring (bicyclic) bond motifs is 2. The number of rotatable bonds is 6. The number of alkyl carbamates (subject to hydrolysis) is 1. The van der Waals surface area contributed by atoms with Crippen molar-refractivity contribution in [2.45, 2.75) is 44.4 Å². The van der Waals surface area contributed by atoms with Crippen molar-refractivity contribution in [2.75, 3.05) is 24.5 Å². The molecule has 2 aliphatic heterocycles. The van der Waals surface area contributed by atoms with E-state index in [9.17, 15) is 14.7 Å². The molecule has 8 heteroatoms. The maximum Gasteiger partial charge on any atom is 0.407 e. The number of ether oxygens (including phenoxy) is 1. The van der Waals surface area contributed by atoms with Gasteiger partial charge in [0.1, 0.15) is 6.61 Å². The Morgan fingerprint density at radius 2 is 1.84 bits per heavy atom. The van der Waals surface area contributed by atoms with E-state index in [1.165, 1.54) is 0 Å². The van der Waals surface area contributed by atoms with Gasteiger partial charge in [-0.25, -0.2) is 9.59 Å². The summed E-state index contributed by atoms with van der Waals surface area (Å²) < 4.78 is 6.26. The Morgan fingerprint density at radius 1 is 1.16 bits per heavy atom. The van der Waals surface area contributed by atoms with Crippen LogP contribution in [0.25, 0.3) is 0 Å². The molecule has 3 unspecified atom stereocenters. The van der Waals surface area contributed by atoms with E-state index < -0.39 is 12.2 Å². The highest BCUT2D eigenvalue weighted by atomic mass is 79.9. The van der Waals surface area contributed by atoms with Gasteiger partial charge in [-0.05, 0) is 57.9 Å². The van der Waals surface area contributed by atoms with Gasteiger partial charge < -0.3 is 20.1 Å². The largest absolute Gasteiger partial charge is 0.465 e. The third-order valence-electron chi connectivity index (χ3n) is 6.35. The predicted octanol–water partition coefficient (Wildman–Crippen LogP) is 4.81. The molecule has 0 saturated carbocycles. The summed E-state index contributed by atoms with van der Waals surface area (Å²) in [6.07, 6.45) is 0.608. The van der Waals surface area contributed by atoms with Crippen LogP contribution in [0, 0.1) is 0 Å². The molecule has 7 nitrogen and oxygen atoms in total. The molecule has 2 saturated heterocycles. The van der Waals surface area contributed by atoms with E-state index in [1.807, 2.05) is 30.3 Å². The van der Waals surface area contributed by atoms with E-state index in [1.54, 1.807) is 4.90 Å². The number of nitrogens with zero attached hydrogens (tertiary/aromatic N) is 2. The number of amides is 2. The maximum absolute atomic E-state index is 12.0. The average molecular weight is 502 g/mol. The molecule has 2 aliphatic rings. The van der Waals surface area contributed by atoms with Gasteiger partial charge in [0.25, 0.3) is 0 Å². The lowest BCUT2D eigenvalue weighted by molar-refractivity contribution is 0.114. The number of halogens is 1. The number of nitrogens with one attached hydrogen (secondary N) is 1. The van der Waals surface area contributed by atoms with Gasteiger partial charge in [0.2, 0.25) is 0 Å². The van der Waals surface area contributed by atoms with Crippen LogP contribution in [0.15, 0.2) is 53.0 Å². The average Bonchev–Trinajstić information content (AvgIpc) is 3.07. The second-order valence-electron chi connectivity index (χ2n) is 8.53. The van der Waals surface area contributed by atoms with Gasteiger partial charge >= 0.3 is 12.2 Å². The van der Waals surface area contributed by atoms with Crippen LogP contribution in [0.3, 0.4) is 0 Å². The first-order valence-electron chi connectivity index (χ1n) is 10.9. The van der Waals surface area contributed by atoms with Crippen molar-refractivity contribution in [3.63, 3.8) is 0 Å². The van der Waals surface area contributed by atoms with Crippen LogP contribution in [0.1, 0.15) is 36.8 Å². The van der Waals surface area contributed by atoms with Crippen molar-refractivity contribution < 1.29 is 19.4 Å². The summed E-state index contributed by atoms with van der Waals surface area (Å²) in [6.45, 7) is 4.21. The molecule has 0 radical (unpaired) electrons. The molecule has 2 bridgehead atoms. The third-order valence-corrected chi connectivity index (χ3v) is 6.99. The van der Waals surface area contributed by atoms with E-state index in [2.05, 4.69) is 51.3 Å². The maximum atomic E-state index is 12.0. The van der Waals surface area contributed by atoms with Crippen molar-refractivity contribution in [3.8, 4) is 0 Å². The van der Waals surface area contributed by atoms with Gasteiger partial charge in [-0.1, -0.05) is 43.3 Å². The Bertz CT molecular complexity index is 957. The zero-order chi connectivity index (χ0) is 22.7. The van der Waals surface area contributed by atoms with Gasteiger partial charge in [-0.3, -0.25) is 4.90 Å². The van der Waals surface area contributed by atoms with Crippen molar-refractivity contribution in [2.24, 2.45) is 0 Å². The molecule has 3 atom stereocenters. The van der Waals surface area contributed by atoms with Crippen LogP contribution in [0.4, 0.5) is 15.3 Å². The molecule has 2 heterocycles. The number of anilines is 1. The molecule has 4 rings (SSSR count). The highest BCUT2D eigenvalue weighted by Crippen LogP contribution is 2.36. The van der Waals surface area contributed by atoms with Crippen molar-refractivity contribution in [1.29, 1.82) is 0 Å². The van der Waals surface area contributed by atoms with E-state index in [-0.39, 0.29) is 24.6 Å². The van der Waals surface area contributed by atoms with Crippen LogP contribution < -0.4 is 10.2 Å². The van der Waals surface area contributed by atoms with Gasteiger partial charge in [0, 0.05) is 24.1 Å². The van der Waals surface area contributed by atoms with Crippen LogP contribution in [0.2, 0.25) is 0 Å². The lowest BCUT2D eigenvalue weighted by Gasteiger charge is -2.41. The van der Waals surface area contributed by atoms with Crippen molar-refractivity contribution >= 4 is 33.8 Å². The molecule has 2 aromatic carbocycles. The molecular formula is C24H28BrN3O4. The van der Waals surface area contributed by atoms with Gasteiger partial charge in [-0.15, -0.1) is 0 Å². The zero-order valence-electron chi connectivity index (χ0n) is 18.0. The SMILES string of the molecule is CC(CNC(=O)OCc1ccccc1)c1ccc(N2CC3CCC(C2)N3C(=O)O)c(Br)c1. The first kappa shape index (κ1) is 22.5. The predicted molar refractivity (Wildman–Crippen MR) is 126 cm³/mol. The Labute approximate surface area is 196 Å². The van der Waals surface area contributed by atoms with E-state index >= 15 is 0 Å². The molecular weight excluding hydrogens is 474 g/mol. The number of carbonyl (C=O) groups excluding carboxylic acids is 1. The minimum absolute atomic E-state index is 0.0582. The molecule has 0 aromatic heterocycles. The number of carboxylic acid groups (broad SMARTS) is 1. The number of benzene rings is 2. The Hall–Kier alpha value is -2.74. The summed E-state index contributed by atoms with van der Waals surface area (Å²) in [5, 5.41) is 12.3. The van der Waals surface area contributed by atoms with Crippen LogP contribution in [-0.2, 0) is 11.3 Å². The lowest BCUT2D eigenvalue weighted by atomic mass is 10.0. The first-order valence-corrected chi connectivity index (χ1v) is 11.7. The summed E-state index contributed by atoms with van der Waals surface area (Å²) in [4.78, 5) is 27.5. The molecule has 32 heavy (non-hydrogen) atoms. The fraction of sp³-hybridized carbons (Fsp3) is 0.417. The zero-order valence-corrected chi connectivity index (χ0v) is 19.6. The molecule has 170 valence electrons. The lowest BCUT2D eigenvalue weighted by Crippen LogP contribution is -2.55. The highest BCUT2D eigenvalue weighted by Gasteiger charge is 2.43. The topological polar surface area (TPSA) is 82.1 Å². The fourth-order valence-electron chi connectivity index (χ4n) is 4.63. The van der Waals surface area contributed by atoms with Crippen LogP contribution in [-0.4, -0.2) is 53.9 Å². The number of piperazine rings is 1. The van der Waals surface area contributed by atoms with Gasteiger partial charge in [0.15, 0.2) is 0 Å². The summed E-state index contributed by atoms with van der Waals surface area (Å²) in [7, 11) is 0. The third kappa shape index (κ3) is 5.01. The summed E-state index contributed by atoms with van der Waals surface area (Å²) in [5.41, 5.74) is 3.14. The van der Waals surface area contributed by atoms with E-state index in [4.69, 9.17) is 4.74 Å². The normalized spacial score (nSPS) is 20.7. The standard InChI is InChI=1S/C24H28BrN3O4/c1-16(12-26-23(29)32-15-17-5-3-2-4-6-17)18-7-10-22(21(25)11-18)27-13-19-8-9-20(14-27)28(19)24(30)31/h2-7,10-11,16,19-20H,8-9,12-15H2,1H3,(H,26,29)(H,30,31). The highest BCUT2D eigenvalue weighted by molar-refractivity contribution is 9.10. The summed E-state index contributed by atoms with van der Waals surface area (Å²) in [6, 6.07) is 16.0. The minimum Gasteiger partial charge on any atom is -0.465 e. The van der Waals surface area contributed by atoms with Gasteiger partial charge in [-0.2, -0.15) is 0 Å². The minimum atomic E-state index is -0.810. The molecule has 0 aliphatic carbocycles. The molecule has 0 spiro atoms. The number of hydrogen-bond acceptors (Lipinski definition) is 4. The van der Waals surface area contributed by atoms with Gasteiger partial charge in [0.05, 0.1) is 17.8 Å². The first-order chi connectivity index (χ1) is 15.4. The Balaban J connectivity index is 1.31. The van der Waals surface area contributed by atoms with Crippen LogP contribution in [0.5, 0.6) is 0 Å². The number of carbonyl (C=O) groups is 2. The Kier molecular flexibility index (Phi) is 6.89. The number of hydrogen-bond donors (Lipinski definition) is 2. The van der Waals surface area contributed by atoms with Crippen LogP contribution >= 0.6 is 15.9 Å². The monoisotopic (exact) mass is 501 g/mol. The molecule has 2 aromatic rings. The van der Waals surface area contributed by atoms with Crippen molar-refractivity contribution in [3.05, 3.63) is 64.1 Å². The van der Waals surface area contributed by atoms with Crippen molar-refractivity contribution in [1.82, 2.24) is 10.2 Å². The Morgan fingerprint density at radius 3 is 2.47 bits per heavy atom. The quantitative estimate of drug-likeness (QED) is 0.593. The molecule has 2 amide bonds. The van der Waals surface area contributed by atoms with E-state index in [0.29, 0.717) is 19.6 Å². The molecule has 2 fully saturated rings. The van der Waals surface area contributed by atoms with E-state index in [0.717, 1.165) is 34.1 Å².